The average Bonchev–Trinajstić information content (AvgIpc) is 2.26. The number of hydrogen-bond donors (Lipinski definition) is 1. The number of ether oxygens (including phenoxy) is 1. The first-order valence-electron chi connectivity index (χ1n) is 5.69. The van der Waals surface area contributed by atoms with E-state index in [1.54, 1.807) is 11.8 Å². The number of carbonyl (C=O) groups is 1. The summed E-state index contributed by atoms with van der Waals surface area (Å²) >= 11 is 0. The lowest BCUT2D eigenvalue weighted by Gasteiger charge is -2.25. The predicted octanol–water partition coefficient (Wildman–Crippen LogP) is 1.03. The molecule has 2 N–H and O–H groups in total. The summed E-state index contributed by atoms with van der Waals surface area (Å²) in [6.45, 7) is 4.28. The van der Waals surface area contributed by atoms with Crippen molar-refractivity contribution < 1.29 is 9.53 Å². The van der Waals surface area contributed by atoms with Crippen LogP contribution in [-0.2, 0) is 9.53 Å². The first-order chi connectivity index (χ1) is 7.11. The number of amides is 1. The Kier molecular flexibility index (Phi) is 7.72. The van der Waals surface area contributed by atoms with Crippen molar-refractivity contribution in [1.29, 1.82) is 0 Å². The molecule has 1 unspecified atom stereocenters. The van der Waals surface area contributed by atoms with Crippen molar-refractivity contribution in [2.75, 3.05) is 26.8 Å². The number of likely N-dealkylation sites (N-methyl/N-ethyl adjacent to an activating group) is 1. The number of halogens is 1. The minimum atomic E-state index is -0.385. The van der Waals surface area contributed by atoms with Crippen LogP contribution in [0.1, 0.15) is 26.2 Å². The van der Waals surface area contributed by atoms with Crippen molar-refractivity contribution in [2.24, 2.45) is 11.7 Å². The summed E-state index contributed by atoms with van der Waals surface area (Å²) in [7, 11) is 1.82. The number of carbonyl (C=O) groups excluding carboxylic acids is 1. The monoisotopic (exact) mass is 250 g/mol. The number of rotatable bonds is 4. The number of hydrogen-bond acceptors (Lipinski definition) is 3. The molecule has 0 spiro atoms. The fraction of sp³-hybridized carbons (Fsp3) is 0.909. The molecular formula is C11H23ClN2O2. The summed E-state index contributed by atoms with van der Waals surface area (Å²) in [6.07, 6.45) is 3.32. The van der Waals surface area contributed by atoms with Crippen LogP contribution in [-0.4, -0.2) is 43.7 Å². The van der Waals surface area contributed by atoms with Crippen LogP contribution in [0.15, 0.2) is 0 Å². The second-order valence-electron chi connectivity index (χ2n) is 4.39. The van der Waals surface area contributed by atoms with Crippen LogP contribution < -0.4 is 5.73 Å². The zero-order valence-corrected chi connectivity index (χ0v) is 11.0. The van der Waals surface area contributed by atoms with Crippen LogP contribution in [0.2, 0.25) is 0 Å². The minimum Gasteiger partial charge on any atom is -0.381 e. The Balaban J connectivity index is 0.00000225. The SMILES string of the molecule is CC(N)C(=O)N(C)CCC1CCOCC1.Cl. The van der Waals surface area contributed by atoms with Crippen molar-refractivity contribution in [1.82, 2.24) is 4.90 Å². The summed E-state index contributed by atoms with van der Waals surface area (Å²) in [4.78, 5) is 13.2. The third-order valence-electron chi connectivity index (χ3n) is 2.98. The molecule has 96 valence electrons. The van der Waals surface area contributed by atoms with Crippen molar-refractivity contribution in [3.63, 3.8) is 0 Å². The highest BCUT2D eigenvalue weighted by atomic mass is 35.5. The molecule has 1 atom stereocenters. The summed E-state index contributed by atoms with van der Waals surface area (Å²) in [5, 5.41) is 0. The summed E-state index contributed by atoms with van der Waals surface area (Å²) in [5.41, 5.74) is 5.53. The van der Waals surface area contributed by atoms with Crippen molar-refractivity contribution in [3.05, 3.63) is 0 Å². The fourth-order valence-corrected chi connectivity index (χ4v) is 1.87. The normalized spacial score (nSPS) is 18.7. The molecule has 0 aliphatic carbocycles. The van der Waals surface area contributed by atoms with Crippen molar-refractivity contribution in [2.45, 2.75) is 32.2 Å². The first-order valence-corrected chi connectivity index (χ1v) is 5.69. The van der Waals surface area contributed by atoms with Gasteiger partial charge in [0, 0.05) is 26.8 Å². The van der Waals surface area contributed by atoms with E-state index in [-0.39, 0.29) is 24.4 Å². The van der Waals surface area contributed by atoms with Gasteiger partial charge in [0.1, 0.15) is 0 Å². The molecule has 0 bridgehead atoms. The van der Waals surface area contributed by atoms with Gasteiger partial charge in [0.05, 0.1) is 6.04 Å². The average molecular weight is 251 g/mol. The lowest BCUT2D eigenvalue weighted by molar-refractivity contribution is -0.131. The van der Waals surface area contributed by atoms with Gasteiger partial charge in [0.15, 0.2) is 0 Å². The summed E-state index contributed by atoms with van der Waals surface area (Å²) < 4.78 is 5.29. The van der Waals surface area contributed by atoms with E-state index in [2.05, 4.69) is 0 Å². The molecule has 1 rings (SSSR count). The van der Waals surface area contributed by atoms with Gasteiger partial charge in [-0.2, -0.15) is 0 Å². The van der Waals surface area contributed by atoms with Crippen LogP contribution in [0.25, 0.3) is 0 Å². The van der Waals surface area contributed by atoms with Gasteiger partial charge in [-0.25, -0.2) is 0 Å². The lowest BCUT2D eigenvalue weighted by atomic mass is 9.96. The highest BCUT2D eigenvalue weighted by Gasteiger charge is 2.17. The largest absolute Gasteiger partial charge is 0.381 e. The smallest absolute Gasteiger partial charge is 0.238 e. The molecule has 4 nitrogen and oxygen atoms in total. The topological polar surface area (TPSA) is 55.6 Å². The minimum absolute atomic E-state index is 0. The van der Waals surface area contributed by atoms with E-state index < -0.39 is 0 Å². The van der Waals surface area contributed by atoms with Crippen LogP contribution in [0.5, 0.6) is 0 Å². The van der Waals surface area contributed by atoms with E-state index in [0.717, 1.165) is 39.0 Å². The zero-order chi connectivity index (χ0) is 11.3. The van der Waals surface area contributed by atoms with Crippen LogP contribution in [0.3, 0.4) is 0 Å². The molecule has 1 amide bonds. The highest BCUT2D eigenvalue weighted by molar-refractivity contribution is 5.85. The Hall–Kier alpha value is -0.320. The van der Waals surface area contributed by atoms with Crippen LogP contribution in [0.4, 0.5) is 0 Å². The molecule has 0 aromatic rings. The van der Waals surface area contributed by atoms with Gasteiger partial charge in [0.2, 0.25) is 5.91 Å². The molecule has 1 heterocycles. The summed E-state index contributed by atoms with van der Waals surface area (Å²) in [5.74, 6) is 0.740. The maximum atomic E-state index is 11.5. The third-order valence-corrected chi connectivity index (χ3v) is 2.98. The van der Waals surface area contributed by atoms with Gasteiger partial charge in [-0.15, -0.1) is 12.4 Å². The van der Waals surface area contributed by atoms with E-state index in [4.69, 9.17) is 10.5 Å². The molecule has 1 saturated heterocycles. The zero-order valence-electron chi connectivity index (χ0n) is 10.1. The fourth-order valence-electron chi connectivity index (χ4n) is 1.87. The maximum Gasteiger partial charge on any atom is 0.238 e. The van der Waals surface area contributed by atoms with E-state index >= 15 is 0 Å². The van der Waals surface area contributed by atoms with Gasteiger partial charge < -0.3 is 15.4 Å². The van der Waals surface area contributed by atoms with E-state index in [1.165, 1.54) is 0 Å². The molecule has 0 aromatic carbocycles. The lowest BCUT2D eigenvalue weighted by Crippen LogP contribution is -2.40. The Morgan fingerprint density at radius 2 is 2.06 bits per heavy atom. The first kappa shape index (κ1) is 15.7. The van der Waals surface area contributed by atoms with Crippen molar-refractivity contribution >= 4 is 18.3 Å². The maximum absolute atomic E-state index is 11.5. The van der Waals surface area contributed by atoms with Gasteiger partial charge in [0.25, 0.3) is 0 Å². The molecule has 16 heavy (non-hydrogen) atoms. The Labute approximate surface area is 104 Å². The Bertz CT molecular complexity index is 206. The molecule has 0 radical (unpaired) electrons. The van der Waals surface area contributed by atoms with Gasteiger partial charge in [-0.1, -0.05) is 0 Å². The standard InChI is InChI=1S/C11H22N2O2.ClH/c1-9(12)11(14)13(2)6-3-10-4-7-15-8-5-10;/h9-10H,3-8,12H2,1-2H3;1H. The number of nitrogens with two attached hydrogens (primary N) is 1. The quantitative estimate of drug-likeness (QED) is 0.811. The van der Waals surface area contributed by atoms with Gasteiger partial charge >= 0.3 is 0 Å². The van der Waals surface area contributed by atoms with E-state index in [1.807, 2.05) is 7.05 Å². The predicted molar refractivity (Wildman–Crippen MR) is 66.7 cm³/mol. The highest BCUT2D eigenvalue weighted by Crippen LogP contribution is 2.18. The second kappa shape index (κ2) is 7.87. The molecule has 1 aliphatic heterocycles. The van der Waals surface area contributed by atoms with Gasteiger partial charge in [-0.3, -0.25) is 4.79 Å². The Morgan fingerprint density at radius 1 is 1.50 bits per heavy atom. The van der Waals surface area contributed by atoms with Crippen LogP contribution >= 0.6 is 12.4 Å². The molecule has 1 fully saturated rings. The summed E-state index contributed by atoms with van der Waals surface area (Å²) in [6, 6.07) is -0.385. The molecular weight excluding hydrogens is 228 g/mol. The van der Waals surface area contributed by atoms with E-state index in [0.29, 0.717) is 5.92 Å². The third kappa shape index (κ3) is 5.14. The van der Waals surface area contributed by atoms with Gasteiger partial charge in [-0.05, 0) is 32.1 Å². The molecule has 0 saturated carbocycles. The number of nitrogens with zero attached hydrogens (tertiary/aromatic N) is 1. The molecule has 5 heteroatoms. The Morgan fingerprint density at radius 3 is 2.56 bits per heavy atom. The molecule has 1 aliphatic rings. The molecule has 0 aromatic heterocycles. The van der Waals surface area contributed by atoms with Crippen LogP contribution in [0, 0.1) is 5.92 Å². The van der Waals surface area contributed by atoms with E-state index in [9.17, 15) is 4.79 Å². The second-order valence-corrected chi connectivity index (χ2v) is 4.39. The van der Waals surface area contributed by atoms with Crippen molar-refractivity contribution in [3.8, 4) is 0 Å².